The Hall–Kier alpha value is -2.03. The molecule has 2 aliphatic heterocycles. The van der Waals surface area contributed by atoms with E-state index in [4.69, 9.17) is 20.7 Å². The lowest BCUT2D eigenvalue weighted by atomic mass is 9.98. The molecular formula is C15H22N6O15P2-2. The topological polar surface area (TPSA) is 337 Å². The summed E-state index contributed by atoms with van der Waals surface area (Å²) in [5, 5.41) is 43.2. The number of nitrogens with one attached hydrogen (secondary N) is 1. The number of hydrogen-bond acceptors (Lipinski definition) is 17. The summed E-state index contributed by atoms with van der Waals surface area (Å²) in [6.45, 7) is -1.68. The molecule has 11 atom stereocenters. The number of hydrogen-bond donors (Lipinski definition) is 6. The van der Waals surface area contributed by atoms with Gasteiger partial charge >= 0.3 is 5.69 Å². The van der Waals surface area contributed by atoms with Gasteiger partial charge in [0.25, 0.3) is 21.2 Å². The number of aliphatic hydroxyl groups excluding tert-OH is 4. The minimum Gasteiger partial charge on any atom is -0.756 e. The van der Waals surface area contributed by atoms with E-state index >= 15 is 0 Å². The number of aromatic amines is 1. The van der Waals surface area contributed by atoms with Gasteiger partial charge in [0.2, 0.25) is 0 Å². The molecule has 0 radical (unpaired) electrons. The first-order chi connectivity index (χ1) is 17.7. The highest BCUT2D eigenvalue weighted by Crippen LogP contribution is 2.56. The fourth-order valence-corrected chi connectivity index (χ4v) is 5.59. The molecule has 2 saturated heterocycles. The summed E-state index contributed by atoms with van der Waals surface area (Å²) in [5.74, 6) is 0. The normalized spacial score (nSPS) is 36.7. The van der Waals surface area contributed by atoms with Crippen LogP contribution >= 0.6 is 15.6 Å². The van der Waals surface area contributed by atoms with Gasteiger partial charge in [-0.2, -0.15) is 0 Å². The van der Waals surface area contributed by atoms with Crippen molar-refractivity contribution in [2.24, 2.45) is 10.8 Å². The van der Waals surface area contributed by atoms with Gasteiger partial charge in [-0.05, 0) is 5.53 Å². The van der Waals surface area contributed by atoms with Crippen LogP contribution < -0.4 is 26.8 Å². The number of nitrogens with zero attached hydrogens (tertiary/aromatic N) is 4. The van der Waals surface area contributed by atoms with E-state index < -0.39 is 95.2 Å². The van der Waals surface area contributed by atoms with E-state index in [0.717, 1.165) is 12.3 Å². The molecule has 3 heterocycles. The molecule has 0 amide bonds. The zero-order valence-corrected chi connectivity index (χ0v) is 20.6. The number of phosphoric acid groups is 2. The Labute approximate surface area is 210 Å². The standard InChI is InChI=1S/C15H24N6O15P2/c16-8-11(25)9(23)5(3-18-20-17)34-14(8)35-38(30,31)36-37(28,29)32-4-6-10(24)12(26)13(33-6)21-2-1-7(22)19-15(21)27/h1-2,5-6,8-14,23-26H,3-4,16H2,(H,28,29)(H,30,31)(H,19,22,27)/p-2/t5-,6-,8-,9-,10-,11-,12-,13-,14-/m1/s1. The summed E-state index contributed by atoms with van der Waals surface area (Å²) in [6, 6.07) is -0.804. The van der Waals surface area contributed by atoms with Crippen molar-refractivity contribution in [2.45, 2.75) is 55.2 Å². The van der Waals surface area contributed by atoms with Crippen LogP contribution in [-0.4, -0.2) is 92.1 Å². The van der Waals surface area contributed by atoms with Gasteiger partial charge in [0.1, 0.15) is 30.5 Å². The Morgan fingerprint density at radius 2 is 1.76 bits per heavy atom. The van der Waals surface area contributed by atoms with Crippen molar-refractivity contribution in [3.05, 3.63) is 43.5 Å². The number of aromatic nitrogens is 2. The van der Waals surface area contributed by atoms with Gasteiger partial charge in [-0.25, -0.2) is 9.11 Å². The van der Waals surface area contributed by atoms with Crippen LogP contribution in [-0.2, 0) is 32.0 Å². The molecule has 2 fully saturated rings. The van der Waals surface area contributed by atoms with Crippen LogP contribution in [0.2, 0.25) is 0 Å². The van der Waals surface area contributed by atoms with Crippen molar-refractivity contribution < 1.29 is 62.2 Å². The number of nitrogens with two attached hydrogens (primary N) is 1. The largest absolute Gasteiger partial charge is 0.756 e. The van der Waals surface area contributed by atoms with Gasteiger partial charge < -0.3 is 49.9 Å². The predicted octanol–water partition coefficient (Wildman–Crippen LogP) is -4.77. The highest BCUT2D eigenvalue weighted by Gasteiger charge is 2.46. The van der Waals surface area contributed by atoms with Gasteiger partial charge in [-0.15, -0.1) is 0 Å². The lowest BCUT2D eigenvalue weighted by molar-refractivity contribution is -0.278. The van der Waals surface area contributed by atoms with Gasteiger partial charge in [0.15, 0.2) is 12.5 Å². The second kappa shape index (κ2) is 12.0. The summed E-state index contributed by atoms with van der Waals surface area (Å²) in [7, 11) is -11.6. The number of phosphoric ester groups is 2. The smallest absolute Gasteiger partial charge is 0.330 e. The predicted molar refractivity (Wildman–Crippen MR) is 113 cm³/mol. The maximum absolute atomic E-state index is 12.2. The van der Waals surface area contributed by atoms with E-state index in [1.807, 2.05) is 4.98 Å². The van der Waals surface area contributed by atoms with E-state index in [-0.39, 0.29) is 0 Å². The highest BCUT2D eigenvalue weighted by atomic mass is 31.3. The van der Waals surface area contributed by atoms with Crippen molar-refractivity contribution >= 4 is 15.6 Å². The van der Waals surface area contributed by atoms with Crippen LogP contribution in [0, 0.1) is 0 Å². The third-order valence-electron chi connectivity index (χ3n) is 5.37. The molecule has 38 heavy (non-hydrogen) atoms. The summed E-state index contributed by atoms with van der Waals surface area (Å²) in [4.78, 5) is 51.7. The molecule has 2 aliphatic rings. The fraction of sp³-hybridized carbons (Fsp3) is 0.733. The Morgan fingerprint density at radius 1 is 1.11 bits per heavy atom. The molecule has 21 nitrogen and oxygen atoms in total. The second-order valence-corrected chi connectivity index (χ2v) is 10.9. The molecule has 0 bridgehead atoms. The lowest BCUT2D eigenvalue weighted by Gasteiger charge is -2.42. The Balaban J connectivity index is 1.62. The number of aliphatic hydroxyl groups is 4. The quantitative estimate of drug-likeness (QED) is 0.0646. The Morgan fingerprint density at radius 3 is 2.39 bits per heavy atom. The number of rotatable bonds is 10. The third kappa shape index (κ3) is 7.13. The van der Waals surface area contributed by atoms with E-state index in [2.05, 4.69) is 23.4 Å². The minimum absolute atomic E-state index is 0.573. The molecule has 214 valence electrons. The second-order valence-electron chi connectivity index (χ2n) is 7.96. The lowest BCUT2D eigenvalue weighted by Crippen LogP contribution is -2.62. The minimum atomic E-state index is -5.86. The molecule has 23 heteroatoms. The first-order valence-corrected chi connectivity index (χ1v) is 13.4. The zero-order chi connectivity index (χ0) is 28.4. The van der Waals surface area contributed by atoms with Crippen molar-refractivity contribution in [1.29, 1.82) is 0 Å². The average molecular weight is 588 g/mol. The van der Waals surface area contributed by atoms with Crippen molar-refractivity contribution in [2.75, 3.05) is 13.2 Å². The van der Waals surface area contributed by atoms with Crippen LogP contribution in [0.1, 0.15) is 6.23 Å². The average Bonchev–Trinajstić information content (AvgIpc) is 3.10. The molecule has 0 aromatic carbocycles. The molecule has 7 N–H and O–H groups in total. The van der Waals surface area contributed by atoms with Gasteiger partial charge in [0, 0.05) is 17.2 Å². The summed E-state index contributed by atoms with van der Waals surface area (Å²) in [6.07, 6.45) is -13.0. The third-order valence-corrected chi connectivity index (χ3v) is 7.90. The van der Waals surface area contributed by atoms with Crippen molar-refractivity contribution in [3.63, 3.8) is 0 Å². The first-order valence-electron chi connectivity index (χ1n) is 10.4. The molecule has 3 rings (SSSR count). The maximum atomic E-state index is 12.2. The van der Waals surface area contributed by atoms with Gasteiger partial charge in [0.05, 0.1) is 25.3 Å². The Kier molecular flexibility index (Phi) is 9.64. The summed E-state index contributed by atoms with van der Waals surface area (Å²) in [5.41, 5.74) is 12.2. The monoisotopic (exact) mass is 588 g/mol. The van der Waals surface area contributed by atoms with E-state index in [0.29, 0.717) is 4.57 Å². The van der Waals surface area contributed by atoms with Crippen LogP contribution in [0.3, 0.4) is 0 Å². The fourth-order valence-electron chi connectivity index (χ4n) is 3.50. The first kappa shape index (κ1) is 30.5. The molecule has 2 unspecified atom stereocenters. The zero-order valence-electron chi connectivity index (χ0n) is 18.8. The number of H-pyrrole nitrogens is 1. The van der Waals surface area contributed by atoms with E-state index in [1.165, 1.54) is 0 Å². The number of azide groups is 1. The molecule has 0 spiro atoms. The molecule has 0 saturated carbocycles. The molecule has 0 aliphatic carbocycles. The van der Waals surface area contributed by atoms with E-state index in [1.54, 1.807) is 0 Å². The molecule has 1 aromatic heterocycles. The highest BCUT2D eigenvalue weighted by molar-refractivity contribution is 7.59. The van der Waals surface area contributed by atoms with Crippen LogP contribution in [0.15, 0.2) is 27.0 Å². The van der Waals surface area contributed by atoms with Gasteiger partial charge in [-0.1, -0.05) is 5.11 Å². The Bertz CT molecular complexity index is 1250. The number of ether oxygens (including phenoxy) is 2. The SMILES string of the molecule is [N-]=[N+]=NC[C@H]1O[C@H](OP(=O)([O-])OP(=O)([O-])OC[C@H]2O[C@@H](n3ccc(=O)[nH]c3=O)[C@H](O)[C@@H]2O)[C@H](N)[C@@H](O)[C@@H]1O. The van der Waals surface area contributed by atoms with Crippen LogP contribution in [0.4, 0.5) is 0 Å². The van der Waals surface area contributed by atoms with E-state index in [9.17, 15) is 48.9 Å². The summed E-state index contributed by atoms with van der Waals surface area (Å²) < 4.78 is 48.0. The van der Waals surface area contributed by atoms with Crippen molar-refractivity contribution in [1.82, 2.24) is 9.55 Å². The molecule has 1 aromatic rings. The molecular weight excluding hydrogens is 566 g/mol. The van der Waals surface area contributed by atoms with Crippen LogP contribution in [0.25, 0.3) is 10.4 Å². The summed E-state index contributed by atoms with van der Waals surface area (Å²) >= 11 is 0. The maximum Gasteiger partial charge on any atom is 0.330 e. The van der Waals surface area contributed by atoms with Gasteiger partial charge in [-0.3, -0.25) is 28.0 Å². The van der Waals surface area contributed by atoms with Crippen molar-refractivity contribution in [3.8, 4) is 0 Å². The van der Waals surface area contributed by atoms with Crippen LogP contribution in [0.5, 0.6) is 0 Å².